The van der Waals surface area contributed by atoms with E-state index in [4.69, 9.17) is 21.1 Å². The van der Waals surface area contributed by atoms with E-state index in [9.17, 15) is 0 Å². The third-order valence-corrected chi connectivity index (χ3v) is 3.71. The van der Waals surface area contributed by atoms with Crippen molar-refractivity contribution in [2.24, 2.45) is 0 Å². The Bertz CT molecular complexity index is 405. The molecular formula is C13H15ClO2. The van der Waals surface area contributed by atoms with Gasteiger partial charge in [0.25, 0.3) is 0 Å². The third kappa shape index (κ3) is 1.32. The van der Waals surface area contributed by atoms with Crippen LogP contribution in [0.4, 0.5) is 0 Å². The van der Waals surface area contributed by atoms with Crippen molar-refractivity contribution in [2.45, 2.75) is 26.2 Å². The number of benzene rings is 1. The molecule has 0 atom stereocenters. The molecule has 2 aliphatic rings. The van der Waals surface area contributed by atoms with Crippen molar-refractivity contribution in [2.75, 3.05) is 19.1 Å². The summed E-state index contributed by atoms with van der Waals surface area (Å²) in [5, 5.41) is 0. The fraction of sp³-hybridized carbons (Fsp3) is 0.538. The van der Waals surface area contributed by atoms with Crippen LogP contribution in [0.3, 0.4) is 0 Å². The van der Waals surface area contributed by atoms with Crippen LogP contribution in [0.2, 0.25) is 0 Å². The van der Waals surface area contributed by atoms with Gasteiger partial charge in [0, 0.05) is 35.4 Å². The molecule has 1 aromatic carbocycles. The Hall–Kier alpha value is -0.890. The van der Waals surface area contributed by atoms with Gasteiger partial charge in [0.2, 0.25) is 0 Å². The van der Waals surface area contributed by atoms with Gasteiger partial charge in [0.05, 0.1) is 13.2 Å². The van der Waals surface area contributed by atoms with Crippen molar-refractivity contribution in [3.63, 3.8) is 0 Å². The highest BCUT2D eigenvalue weighted by Crippen LogP contribution is 2.44. The largest absolute Gasteiger partial charge is 0.493 e. The number of halogens is 1. The first-order valence-electron chi connectivity index (χ1n) is 5.81. The van der Waals surface area contributed by atoms with Crippen molar-refractivity contribution in [3.05, 3.63) is 22.3 Å². The van der Waals surface area contributed by atoms with Crippen LogP contribution in [0.25, 0.3) is 0 Å². The van der Waals surface area contributed by atoms with Crippen molar-refractivity contribution in [1.29, 1.82) is 0 Å². The molecule has 0 saturated carbocycles. The number of ether oxygens (including phenoxy) is 2. The first-order valence-corrected chi connectivity index (χ1v) is 6.35. The maximum absolute atomic E-state index is 5.88. The molecule has 0 N–H and O–H groups in total. The highest BCUT2D eigenvalue weighted by atomic mass is 35.5. The molecule has 86 valence electrons. The summed E-state index contributed by atoms with van der Waals surface area (Å²) in [6.45, 7) is 3.74. The molecule has 1 aromatic rings. The van der Waals surface area contributed by atoms with Gasteiger partial charge in [-0.15, -0.1) is 11.6 Å². The molecule has 0 fully saturated rings. The average molecular weight is 239 g/mol. The lowest BCUT2D eigenvalue weighted by Crippen LogP contribution is -1.99. The summed E-state index contributed by atoms with van der Waals surface area (Å²) in [6, 6.07) is 0. The molecule has 0 amide bonds. The number of rotatable bonds is 2. The first-order chi connectivity index (χ1) is 7.83. The van der Waals surface area contributed by atoms with Gasteiger partial charge in [-0.2, -0.15) is 0 Å². The second kappa shape index (κ2) is 3.85. The number of hydrogen-bond acceptors (Lipinski definition) is 2. The molecule has 0 aromatic heterocycles. The lowest BCUT2D eigenvalue weighted by Gasteiger charge is -2.14. The molecule has 0 saturated heterocycles. The summed E-state index contributed by atoms with van der Waals surface area (Å²) in [4.78, 5) is 0. The van der Waals surface area contributed by atoms with Crippen molar-refractivity contribution in [3.8, 4) is 11.5 Å². The van der Waals surface area contributed by atoms with E-state index < -0.39 is 0 Å². The van der Waals surface area contributed by atoms with Gasteiger partial charge < -0.3 is 9.47 Å². The summed E-state index contributed by atoms with van der Waals surface area (Å²) in [5.41, 5.74) is 5.23. The zero-order valence-electron chi connectivity index (χ0n) is 9.44. The van der Waals surface area contributed by atoms with Gasteiger partial charge in [-0.1, -0.05) is 0 Å². The van der Waals surface area contributed by atoms with Crippen LogP contribution in [-0.2, 0) is 19.3 Å². The van der Waals surface area contributed by atoms with Gasteiger partial charge in [-0.25, -0.2) is 0 Å². The van der Waals surface area contributed by atoms with Gasteiger partial charge >= 0.3 is 0 Å². The highest BCUT2D eigenvalue weighted by molar-refractivity contribution is 6.18. The van der Waals surface area contributed by atoms with Gasteiger partial charge in [-0.05, 0) is 18.9 Å². The molecule has 16 heavy (non-hydrogen) atoms. The molecule has 3 rings (SSSR count). The SMILES string of the molecule is Cc1c2c(c(CCCl)c3c1OCC3)OCC2. The maximum atomic E-state index is 5.88. The molecule has 3 heteroatoms. The van der Waals surface area contributed by atoms with E-state index in [0.717, 1.165) is 44.0 Å². The minimum absolute atomic E-state index is 0.644. The van der Waals surface area contributed by atoms with Crippen molar-refractivity contribution < 1.29 is 9.47 Å². The van der Waals surface area contributed by atoms with E-state index in [1.54, 1.807) is 0 Å². The first kappa shape index (κ1) is 10.3. The molecule has 0 aliphatic carbocycles. The third-order valence-electron chi connectivity index (χ3n) is 3.52. The summed E-state index contributed by atoms with van der Waals surface area (Å²) in [7, 11) is 0. The molecular weight excluding hydrogens is 224 g/mol. The number of hydrogen-bond donors (Lipinski definition) is 0. The minimum atomic E-state index is 0.644. The fourth-order valence-electron chi connectivity index (χ4n) is 2.79. The van der Waals surface area contributed by atoms with Crippen LogP contribution in [0, 0.1) is 6.92 Å². The Balaban J connectivity index is 2.23. The second-order valence-electron chi connectivity index (χ2n) is 4.35. The van der Waals surface area contributed by atoms with E-state index in [1.807, 2.05) is 0 Å². The molecule has 2 heterocycles. The normalized spacial score (nSPS) is 16.6. The zero-order valence-corrected chi connectivity index (χ0v) is 10.2. The molecule has 0 spiro atoms. The van der Waals surface area contributed by atoms with Gasteiger partial charge in [0.1, 0.15) is 11.5 Å². The van der Waals surface area contributed by atoms with Crippen molar-refractivity contribution in [1.82, 2.24) is 0 Å². The van der Waals surface area contributed by atoms with Crippen LogP contribution in [0.5, 0.6) is 11.5 Å². The molecule has 0 radical (unpaired) electrons. The summed E-state index contributed by atoms with van der Waals surface area (Å²) in [5.74, 6) is 2.84. The standard InChI is InChI=1S/C13H15ClO2/c1-8-9-3-6-16-13(9)10(2-5-14)11-4-7-15-12(8)11/h2-7H2,1H3. The Morgan fingerprint density at radius 1 is 1.06 bits per heavy atom. The van der Waals surface area contributed by atoms with Crippen LogP contribution in [-0.4, -0.2) is 19.1 Å². The quantitative estimate of drug-likeness (QED) is 0.738. The fourth-order valence-corrected chi connectivity index (χ4v) is 2.98. The Labute approximate surface area is 101 Å². The average Bonchev–Trinajstić information content (AvgIpc) is 2.92. The Morgan fingerprint density at radius 2 is 1.75 bits per heavy atom. The molecule has 0 unspecified atom stereocenters. The van der Waals surface area contributed by atoms with Crippen LogP contribution in [0.1, 0.15) is 22.3 Å². The van der Waals surface area contributed by atoms with Gasteiger partial charge in [0.15, 0.2) is 0 Å². The summed E-state index contributed by atoms with van der Waals surface area (Å²) < 4.78 is 11.5. The van der Waals surface area contributed by atoms with E-state index in [2.05, 4.69) is 6.92 Å². The summed E-state index contributed by atoms with van der Waals surface area (Å²) >= 11 is 5.88. The van der Waals surface area contributed by atoms with Gasteiger partial charge in [-0.3, -0.25) is 0 Å². The molecule has 0 bridgehead atoms. The van der Waals surface area contributed by atoms with E-state index in [0.29, 0.717) is 5.88 Å². The predicted octanol–water partition coefficient (Wildman–Crippen LogP) is 2.65. The monoisotopic (exact) mass is 238 g/mol. The van der Waals surface area contributed by atoms with Crippen LogP contribution >= 0.6 is 11.6 Å². The minimum Gasteiger partial charge on any atom is -0.493 e. The second-order valence-corrected chi connectivity index (χ2v) is 4.73. The lowest BCUT2D eigenvalue weighted by atomic mass is 9.94. The lowest BCUT2D eigenvalue weighted by molar-refractivity contribution is 0.353. The smallest absolute Gasteiger partial charge is 0.126 e. The predicted molar refractivity (Wildman–Crippen MR) is 64.0 cm³/mol. The number of alkyl halides is 1. The highest BCUT2D eigenvalue weighted by Gasteiger charge is 2.28. The van der Waals surface area contributed by atoms with E-state index >= 15 is 0 Å². The molecule has 2 nitrogen and oxygen atoms in total. The van der Waals surface area contributed by atoms with E-state index in [1.165, 1.54) is 22.3 Å². The number of fused-ring (bicyclic) bond motifs is 2. The van der Waals surface area contributed by atoms with Crippen LogP contribution in [0.15, 0.2) is 0 Å². The van der Waals surface area contributed by atoms with Crippen molar-refractivity contribution >= 4 is 11.6 Å². The van der Waals surface area contributed by atoms with E-state index in [-0.39, 0.29) is 0 Å². The Kier molecular flexibility index (Phi) is 2.47. The topological polar surface area (TPSA) is 18.5 Å². The molecule has 2 aliphatic heterocycles. The summed E-state index contributed by atoms with van der Waals surface area (Å²) in [6.07, 6.45) is 2.89. The zero-order chi connectivity index (χ0) is 11.1. The maximum Gasteiger partial charge on any atom is 0.126 e. The van der Waals surface area contributed by atoms with Crippen LogP contribution < -0.4 is 9.47 Å². The Morgan fingerprint density at radius 3 is 2.50 bits per heavy atom.